The summed E-state index contributed by atoms with van der Waals surface area (Å²) in [6, 6.07) is 10.2. The second-order valence-corrected chi connectivity index (χ2v) is 3.77. The molecule has 0 saturated heterocycles. The molecule has 18 heavy (non-hydrogen) atoms. The highest BCUT2D eigenvalue weighted by molar-refractivity contribution is 5.54. The zero-order valence-electron chi connectivity index (χ0n) is 10.4. The zero-order valence-corrected chi connectivity index (χ0v) is 10.4. The summed E-state index contributed by atoms with van der Waals surface area (Å²) in [7, 11) is 0. The van der Waals surface area contributed by atoms with Gasteiger partial charge in [0.15, 0.2) is 0 Å². The molecule has 0 spiro atoms. The van der Waals surface area contributed by atoms with Gasteiger partial charge in [-0.2, -0.15) is 4.98 Å². The van der Waals surface area contributed by atoms with Gasteiger partial charge in [-0.15, -0.1) is 0 Å². The fraction of sp³-hybridized carbons (Fsp3) is 0.385. The van der Waals surface area contributed by atoms with Gasteiger partial charge in [-0.25, -0.2) is 0 Å². The third-order valence-electron chi connectivity index (χ3n) is 2.40. The van der Waals surface area contributed by atoms with Gasteiger partial charge in [-0.1, -0.05) is 35.5 Å². The molecular formula is C13H17N3O2. The lowest BCUT2D eigenvalue weighted by atomic mass is 10.2. The Morgan fingerprint density at radius 2 is 2.11 bits per heavy atom. The zero-order chi connectivity index (χ0) is 12.6. The van der Waals surface area contributed by atoms with E-state index >= 15 is 0 Å². The maximum Gasteiger partial charge on any atom is 0.321 e. The number of anilines is 1. The highest BCUT2D eigenvalue weighted by atomic mass is 16.5. The summed E-state index contributed by atoms with van der Waals surface area (Å²) in [5.41, 5.74) is 0.948. The smallest absolute Gasteiger partial charge is 0.321 e. The van der Waals surface area contributed by atoms with Crippen molar-refractivity contribution in [2.75, 3.05) is 25.1 Å². The van der Waals surface area contributed by atoms with E-state index in [2.05, 4.69) is 15.5 Å². The predicted molar refractivity (Wildman–Crippen MR) is 69.3 cm³/mol. The van der Waals surface area contributed by atoms with Crippen molar-refractivity contribution in [1.29, 1.82) is 0 Å². The van der Waals surface area contributed by atoms with Gasteiger partial charge in [0.1, 0.15) is 0 Å². The van der Waals surface area contributed by atoms with E-state index in [4.69, 9.17) is 9.26 Å². The second-order valence-electron chi connectivity index (χ2n) is 3.77. The first-order chi connectivity index (χ1) is 8.90. The average Bonchev–Trinajstić information content (AvgIpc) is 2.88. The van der Waals surface area contributed by atoms with Crippen LogP contribution in [-0.2, 0) is 4.74 Å². The Kier molecular flexibility index (Phi) is 4.72. The minimum absolute atomic E-state index is 0.449. The summed E-state index contributed by atoms with van der Waals surface area (Å²) < 4.78 is 10.4. The Bertz CT molecular complexity index is 456. The fourth-order valence-corrected chi connectivity index (χ4v) is 1.51. The van der Waals surface area contributed by atoms with Crippen molar-refractivity contribution in [3.63, 3.8) is 0 Å². The third kappa shape index (κ3) is 3.56. The number of nitrogens with one attached hydrogen (secondary N) is 1. The summed E-state index contributed by atoms with van der Waals surface area (Å²) in [5, 5.41) is 7.00. The Balaban J connectivity index is 1.83. The number of rotatable bonds is 7. The SMILES string of the molecule is CCOCCCNc1nc(-c2ccccc2)no1. The largest absolute Gasteiger partial charge is 0.382 e. The Labute approximate surface area is 106 Å². The van der Waals surface area contributed by atoms with Crippen LogP contribution in [0.3, 0.4) is 0 Å². The molecule has 0 aliphatic carbocycles. The Morgan fingerprint density at radius 1 is 1.28 bits per heavy atom. The standard InChI is InChI=1S/C13H17N3O2/c1-2-17-10-6-9-14-13-15-12(16-18-13)11-7-4-3-5-8-11/h3-5,7-8H,2,6,9-10H2,1H3,(H,14,15,16). The molecule has 1 N–H and O–H groups in total. The summed E-state index contributed by atoms with van der Waals surface area (Å²) in [4.78, 5) is 4.27. The van der Waals surface area contributed by atoms with E-state index in [1.165, 1.54) is 0 Å². The van der Waals surface area contributed by atoms with Crippen LogP contribution in [0, 0.1) is 0 Å². The van der Waals surface area contributed by atoms with Crippen molar-refractivity contribution in [3.8, 4) is 11.4 Å². The second kappa shape index (κ2) is 6.76. The van der Waals surface area contributed by atoms with Gasteiger partial charge in [-0.05, 0) is 13.3 Å². The first-order valence-electron chi connectivity index (χ1n) is 6.11. The van der Waals surface area contributed by atoms with Crippen LogP contribution in [-0.4, -0.2) is 29.9 Å². The van der Waals surface area contributed by atoms with Gasteiger partial charge in [0.25, 0.3) is 0 Å². The van der Waals surface area contributed by atoms with Crippen LogP contribution in [0.4, 0.5) is 6.01 Å². The predicted octanol–water partition coefficient (Wildman–Crippen LogP) is 2.58. The molecule has 5 nitrogen and oxygen atoms in total. The molecule has 96 valence electrons. The van der Waals surface area contributed by atoms with Crippen LogP contribution in [0.5, 0.6) is 0 Å². The number of ether oxygens (including phenoxy) is 1. The molecule has 1 aromatic heterocycles. The van der Waals surface area contributed by atoms with Gasteiger partial charge in [0.2, 0.25) is 5.82 Å². The first-order valence-corrected chi connectivity index (χ1v) is 6.11. The van der Waals surface area contributed by atoms with Crippen molar-refractivity contribution in [2.45, 2.75) is 13.3 Å². The molecule has 1 aromatic carbocycles. The van der Waals surface area contributed by atoms with Crippen LogP contribution in [0.2, 0.25) is 0 Å². The maximum atomic E-state index is 5.24. The van der Waals surface area contributed by atoms with Crippen molar-refractivity contribution >= 4 is 6.01 Å². The van der Waals surface area contributed by atoms with Crippen LogP contribution in [0.25, 0.3) is 11.4 Å². The van der Waals surface area contributed by atoms with E-state index in [0.717, 1.165) is 31.7 Å². The molecule has 0 saturated carbocycles. The molecule has 2 rings (SSSR count). The monoisotopic (exact) mass is 247 g/mol. The lowest BCUT2D eigenvalue weighted by Gasteiger charge is -2.00. The Hall–Kier alpha value is -1.88. The molecule has 0 bridgehead atoms. The van der Waals surface area contributed by atoms with Crippen molar-refractivity contribution in [3.05, 3.63) is 30.3 Å². The lowest BCUT2D eigenvalue weighted by molar-refractivity contribution is 0.147. The summed E-state index contributed by atoms with van der Waals surface area (Å²) in [6.07, 6.45) is 0.914. The van der Waals surface area contributed by atoms with E-state index in [0.29, 0.717) is 11.8 Å². The van der Waals surface area contributed by atoms with Crippen LogP contribution in [0.15, 0.2) is 34.9 Å². The average molecular weight is 247 g/mol. The fourth-order valence-electron chi connectivity index (χ4n) is 1.51. The van der Waals surface area contributed by atoms with Crippen molar-refractivity contribution in [2.24, 2.45) is 0 Å². The molecule has 0 amide bonds. The molecule has 0 aliphatic heterocycles. The highest BCUT2D eigenvalue weighted by Crippen LogP contribution is 2.16. The summed E-state index contributed by atoms with van der Waals surface area (Å²) in [5.74, 6) is 0.600. The summed E-state index contributed by atoms with van der Waals surface area (Å²) >= 11 is 0. The highest BCUT2D eigenvalue weighted by Gasteiger charge is 2.06. The Morgan fingerprint density at radius 3 is 2.89 bits per heavy atom. The quantitative estimate of drug-likeness (QED) is 0.762. The van der Waals surface area contributed by atoms with Gasteiger partial charge in [-0.3, -0.25) is 0 Å². The molecular weight excluding hydrogens is 230 g/mol. The molecule has 0 aliphatic rings. The third-order valence-corrected chi connectivity index (χ3v) is 2.40. The minimum atomic E-state index is 0.449. The van der Waals surface area contributed by atoms with Crippen molar-refractivity contribution in [1.82, 2.24) is 10.1 Å². The number of benzene rings is 1. The van der Waals surface area contributed by atoms with Crippen LogP contribution < -0.4 is 5.32 Å². The molecule has 2 aromatic rings. The molecule has 1 heterocycles. The number of hydrogen-bond donors (Lipinski definition) is 1. The van der Waals surface area contributed by atoms with Crippen LogP contribution >= 0.6 is 0 Å². The van der Waals surface area contributed by atoms with Crippen LogP contribution in [0.1, 0.15) is 13.3 Å². The first kappa shape index (κ1) is 12.6. The normalized spacial score (nSPS) is 10.5. The van der Waals surface area contributed by atoms with E-state index in [-0.39, 0.29) is 0 Å². The lowest BCUT2D eigenvalue weighted by Crippen LogP contribution is -2.05. The van der Waals surface area contributed by atoms with Gasteiger partial charge in [0.05, 0.1) is 0 Å². The van der Waals surface area contributed by atoms with Crippen molar-refractivity contribution < 1.29 is 9.26 Å². The molecule has 0 atom stereocenters. The van der Waals surface area contributed by atoms with E-state index in [9.17, 15) is 0 Å². The topological polar surface area (TPSA) is 60.2 Å². The van der Waals surface area contributed by atoms with Gasteiger partial charge >= 0.3 is 6.01 Å². The van der Waals surface area contributed by atoms with E-state index < -0.39 is 0 Å². The maximum absolute atomic E-state index is 5.24. The van der Waals surface area contributed by atoms with E-state index in [1.807, 2.05) is 37.3 Å². The molecule has 0 fully saturated rings. The van der Waals surface area contributed by atoms with Gasteiger partial charge in [0, 0.05) is 25.3 Å². The molecule has 5 heteroatoms. The molecule has 0 unspecified atom stereocenters. The van der Waals surface area contributed by atoms with Gasteiger partial charge < -0.3 is 14.6 Å². The van der Waals surface area contributed by atoms with E-state index in [1.54, 1.807) is 0 Å². The summed E-state index contributed by atoms with van der Waals surface area (Å²) in [6.45, 7) is 4.23. The number of nitrogens with zero attached hydrogens (tertiary/aromatic N) is 2. The molecule has 0 radical (unpaired) electrons. The minimum Gasteiger partial charge on any atom is -0.382 e. The number of aromatic nitrogens is 2. The number of hydrogen-bond acceptors (Lipinski definition) is 5.